The van der Waals surface area contributed by atoms with Crippen molar-refractivity contribution in [3.63, 3.8) is 0 Å². The van der Waals surface area contributed by atoms with E-state index in [1.807, 2.05) is 0 Å². The molecule has 2 rings (SSSR count). The molecule has 0 unspecified atom stereocenters. The molecule has 0 fully saturated rings. The second kappa shape index (κ2) is 6.14. The summed E-state index contributed by atoms with van der Waals surface area (Å²) in [5.41, 5.74) is -0.458. The monoisotopic (exact) mass is 367 g/mol. The van der Waals surface area contributed by atoms with Crippen molar-refractivity contribution in [1.29, 1.82) is 0 Å². The van der Waals surface area contributed by atoms with E-state index in [-0.39, 0.29) is 27.9 Å². The maximum absolute atomic E-state index is 12.6. The summed E-state index contributed by atoms with van der Waals surface area (Å²) in [5.74, 6) is 0. The number of benzene rings is 1. The van der Waals surface area contributed by atoms with E-state index in [4.69, 9.17) is 11.6 Å². The number of aryl methyl sites for hydroxylation is 2. The van der Waals surface area contributed by atoms with Crippen molar-refractivity contribution in [3.8, 4) is 0 Å². The van der Waals surface area contributed by atoms with Crippen LogP contribution in [0.4, 0.5) is 13.2 Å². The lowest BCUT2D eigenvalue weighted by Gasteiger charge is -2.10. The van der Waals surface area contributed by atoms with Gasteiger partial charge >= 0.3 is 6.18 Å². The molecular formula is C13H13ClF3N3O2S. The summed E-state index contributed by atoms with van der Waals surface area (Å²) in [6, 6.07) is 4.42. The number of aromatic nitrogens is 2. The number of halogens is 4. The second-order valence-corrected chi connectivity index (χ2v) is 6.91. The Morgan fingerprint density at radius 2 is 2.00 bits per heavy atom. The lowest BCUT2D eigenvalue weighted by Crippen LogP contribution is -2.24. The number of hydrogen-bond acceptors (Lipinski definition) is 3. The Hall–Kier alpha value is -1.58. The normalized spacial score (nSPS) is 12.6. The fraction of sp³-hybridized carbons (Fsp3) is 0.308. The molecular weight excluding hydrogens is 355 g/mol. The first-order chi connectivity index (χ1) is 10.5. The van der Waals surface area contributed by atoms with Crippen molar-refractivity contribution < 1.29 is 21.6 Å². The quantitative estimate of drug-likeness (QED) is 0.903. The molecule has 0 saturated heterocycles. The number of nitrogens with one attached hydrogen (secondary N) is 1. The van der Waals surface area contributed by atoms with Crippen LogP contribution in [-0.4, -0.2) is 18.2 Å². The minimum absolute atomic E-state index is 0.0703. The summed E-state index contributed by atoms with van der Waals surface area (Å²) in [5, 5.41) is 3.82. The van der Waals surface area contributed by atoms with Crippen molar-refractivity contribution >= 4 is 21.6 Å². The van der Waals surface area contributed by atoms with Crippen LogP contribution in [-0.2, 0) is 29.8 Å². The molecule has 0 aliphatic rings. The molecule has 5 nitrogen and oxygen atoms in total. The van der Waals surface area contributed by atoms with Gasteiger partial charge in [0, 0.05) is 13.6 Å². The highest BCUT2D eigenvalue weighted by atomic mass is 35.5. The average molecular weight is 368 g/mol. The second-order valence-electron chi connectivity index (χ2n) is 4.85. The fourth-order valence-electron chi connectivity index (χ4n) is 2.02. The zero-order chi connectivity index (χ0) is 17.4. The van der Waals surface area contributed by atoms with Crippen LogP contribution in [0.15, 0.2) is 29.2 Å². The predicted octanol–water partition coefficient (Wildman–Crippen LogP) is 2.88. The molecule has 1 N–H and O–H groups in total. The van der Waals surface area contributed by atoms with Gasteiger partial charge in [-0.25, -0.2) is 13.1 Å². The number of rotatable bonds is 4. The van der Waals surface area contributed by atoms with Gasteiger partial charge in [0.25, 0.3) is 0 Å². The first kappa shape index (κ1) is 17.8. The number of alkyl halides is 3. The Bertz CT molecular complexity index is 831. The lowest BCUT2D eigenvalue weighted by molar-refractivity contribution is -0.137. The highest BCUT2D eigenvalue weighted by molar-refractivity contribution is 7.89. The topological polar surface area (TPSA) is 64.0 Å². The van der Waals surface area contributed by atoms with Crippen molar-refractivity contribution in [2.75, 3.05) is 0 Å². The molecule has 0 aliphatic heterocycles. The van der Waals surface area contributed by atoms with Gasteiger partial charge in [0.05, 0.1) is 11.3 Å². The maximum atomic E-state index is 12.6. The van der Waals surface area contributed by atoms with E-state index in [1.54, 1.807) is 0 Å². The molecule has 1 aromatic heterocycles. The molecule has 0 atom stereocenters. The third-order valence-corrected chi connectivity index (χ3v) is 5.19. The molecule has 1 heterocycles. The first-order valence-corrected chi connectivity index (χ1v) is 8.23. The minimum Gasteiger partial charge on any atom is -0.255 e. The molecule has 126 valence electrons. The highest BCUT2D eigenvalue weighted by Crippen LogP contribution is 2.29. The molecule has 0 amide bonds. The Morgan fingerprint density at radius 1 is 1.35 bits per heavy atom. The molecule has 0 spiro atoms. The summed E-state index contributed by atoms with van der Waals surface area (Å²) in [7, 11) is -2.51. The van der Waals surface area contributed by atoms with Gasteiger partial charge in [-0.05, 0) is 18.6 Å². The number of nitrogens with zero attached hydrogens (tertiary/aromatic N) is 2. The van der Waals surface area contributed by atoms with Gasteiger partial charge in [-0.2, -0.15) is 18.3 Å². The third kappa shape index (κ3) is 3.85. The van der Waals surface area contributed by atoms with Gasteiger partial charge in [0.2, 0.25) is 10.0 Å². The van der Waals surface area contributed by atoms with Crippen molar-refractivity contribution in [1.82, 2.24) is 14.5 Å². The third-order valence-electron chi connectivity index (χ3n) is 3.09. The zero-order valence-corrected chi connectivity index (χ0v) is 13.7. The minimum atomic E-state index is -4.49. The molecule has 0 saturated carbocycles. The molecule has 0 bridgehead atoms. The molecule has 10 heteroatoms. The summed E-state index contributed by atoms with van der Waals surface area (Å²) < 4.78 is 65.9. The molecule has 1 aromatic carbocycles. The Kier molecular flexibility index (Phi) is 4.74. The summed E-state index contributed by atoms with van der Waals surface area (Å²) in [6.07, 6.45) is -4.49. The van der Waals surface area contributed by atoms with Gasteiger partial charge in [-0.15, -0.1) is 0 Å². The number of sulfonamides is 1. The Morgan fingerprint density at radius 3 is 2.52 bits per heavy atom. The average Bonchev–Trinajstić information content (AvgIpc) is 2.70. The summed E-state index contributed by atoms with van der Waals surface area (Å²) in [4.78, 5) is -0.186. The lowest BCUT2D eigenvalue weighted by atomic mass is 10.1. The fourth-order valence-corrected chi connectivity index (χ4v) is 3.79. The smallest absolute Gasteiger partial charge is 0.255 e. The van der Waals surface area contributed by atoms with Gasteiger partial charge < -0.3 is 0 Å². The van der Waals surface area contributed by atoms with E-state index in [0.717, 1.165) is 12.1 Å². The van der Waals surface area contributed by atoms with Crippen molar-refractivity contribution in [3.05, 3.63) is 46.2 Å². The van der Waals surface area contributed by atoms with Crippen LogP contribution >= 0.6 is 11.6 Å². The van der Waals surface area contributed by atoms with Gasteiger partial charge in [-0.3, -0.25) is 4.68 Å². The van der Waals surface area contributed by atoms with Gasteiger partial charge in [-0.1, -0.05) is 29.8 Å². The molecule has 0 aliphatic carbocycles. The molecule has 0 radical (unpaired) electrons. The van der Waals surface area contributed by atoms with E-state index in [9.17, 15) is 21.6 Å². The summed E-state index contributed by atoms with van der Waals surface area (Å²) in [6.45, 7) is 1.18. The summed E-state index contributed by atoms with van der Waals surface area (Å²) >= 11 is 5.90. The van der Waals surface area contributed by atoms with Crippen molar-refractivity contribution in [2.24, 2.45) is 7.05 Å². The van der Waals surface area contributed by atoms with E-state index in [2.05, 4.69) is 9.82 Å². The van der Waals surface area contributed by atoms with Crippen molar-refractivity contribution in [2.45, 2.75) is 24.5 Å². The maximum Gasteiger partial charge on any atom is 0.416 e. The van der Waals surface area contributed by atoms with E-state index in [1.165, 1.54) is 30.8 Å². The standard InChI is InChI=1S/C13H13ClF3N3O2S/c1-8-11(12(14)20(2)19-8)23(21,22)18-7-9-4-3-5-10(6-9)13(15,16)17/h3-6,18H,7H2,1-2H3. The van der Waals surface area contributed by atoms with E-state index < -0.39 is 21.8 Å². The van der Waals surface area contributed by atoms with Crippen LogP contribution in [0.5, 0.6) is 0 Å². The Balaban J connectivity index is 2.23. The SMILES string of the molecule is Cc1nn(C)c(Cl)c1S(=O)(=O)NCc1cccc(C(F)(F)F)c1. The zero-order valence-electron chi connectivity index (χ0n) is 12.1. The highest BCUT2D eigenvalue weighted by Gasteiger charge is 2.30. The van der Waals surface area contributed by atoms with Crippen LogP contribution in [0.25, 0.3) is 0 Å². The predicted molar refractivity (Wildman–Crippen MR) is 78.4 cm³/mol. The van der Waals surface area contributed by atoms with Gasteiger partial charge in [0.1, 0.15) is 10.0 Å². The largest absolute Gasteiger partial charge is 0.416 e. The van der Waals surface area contributed by atoms with Crippen LogP contribution in [0, 0.1) is 6.92 Å². The Labute approximate surface area is 136 Å². The van der Waals surface area contributed by atoms with Crippen LogP contribution in [0.1, 0.15) is 16.8 Å². The molecule has 2 aromatic rings. The van der Waals surface area contributed by atoms with Crippen LogP contribution in [0.3, 0.4) is 0 Å². The molecule has 23 heavy (non-hydrogen) atoms. The van der Waals surface area contributed by atoms with Crippen LogP contribution < -0.4 is 4.72 Å². The van der Waals surface area contributed by atoms with E-state index in [0.29, 0.717) is 0 Å². The van der Waals surface area contributed by atoms with Crippen LogP contribution in [0.2, 0.25) is 5.15 Å². The first-order valence-electron chi connectivity index (χ1n) is 6.37. The van der Waals surface area contributed by atoms with Gasteiger partial charge in [0.15, 0.2) is 0 Å². The number of hydrogen-bond donors (Lipinski definition) is 1. The van der Waals surface area contributed by atoms with E-state index >= 15 is 0 Å².